The summed E-state index contributed by atoms with van der Waals surface area (Å²) < 4.78 is 0. The zero-order valence-corrected chi connectivity index (χ0v) is 8.48. The number of benzene rings is 1. The molecular formula is C11H15N3O. The number of nitrogens with two attached hydrogens (primary N) is 2. The van der Waals surface area contributed by atoms with E-state index in [9.17, 15) is 5.11 Å². The van der Waals surface area contributed by atoms with Crippen LogP contribution in [-0.4, -0.2) is 11.7 Å². The molecular weight excluding hydrogens is 190 g/mol. The van der Waals surface area contributed by atoms with Gasteiger partial charge in [-0.3, -0.25) is 0 Å². The monoisotopic (exact) mass is 205 g/mol. The Labute approximate surface area is 89.1 Å². The van der Waals surface area contributed by atoms with Gasteiger partial charge in [-0.1, -0.05) is 12.1 Å². The fraction of sp³-hybridized carbons (Fsp3) is 0.364. The highest BCUT2D eigenvalue weighted by Gasteiger charge is 2.09. The lowest BCUT2D eigenvalue weighted by Gasteiger charge is -2.12. The largest absolute Gasteiger partial charge is 0.508 e. The van der Waals surface area contributed by atoms with Gasteiger partial charge in [-0.15, -0.1) is 0 Å². The first kappa shape index (κ1) is 11.5. The highest BCUT2D eigenvalue weighted by atomic mass is 16.3. The summed E-state index contributed by atoms with van der Waals surface area (Å²) in [6, 6.07) is 6.92. The summed E-state index contributed by atoms with van der Waals surface area (Å²) in [5.41, 5.74) is 12.8. The quantitative estimate of drug-likeness (QED) is 0.677. The van der Waals surface area contributed by atoms with Crippen LogP contribution in [0.5, 0.6) is 5.75 Å². The minimum Gasteiger partial charge on any atom is -0.508 e. The third kappa shape index (κ3) is 2.94. The maximum absolute atomic E-state index is 9.56. The topological polar surface area (TPSA) is 96.1 Å². The molecule has 0 aliphatic rings. The van der Waals surface area contributed by atoms with Crippen LogP contribution in [0.15, 0.2) is 18.2 Å². The highest BCUT2D eigenvalue weighted by Crippen LogP contribution is 2.23. The molecule has 1 aromatic carbocycles. The van der Waals surface area contributed by atoms with Crippen molar-refractivity contribution in [1.82, 2.24) is 0 Å². The van der Waals surface area contributed by atoms with Crippen molar-refractivity contribution in [1.29, 1.82) is 5.26 Å². The fourth-order valence-electron chi connectivity index (χ4n) is 1.38. The van der Waals surface area contributed by atoms with Crippen LogP contribution in [0.25, 0.3) is 0 Å². The molecule has 0 spiro atoms. The van der Waals surface area contributed by atoms with Gasteiger partial charge in [0.05, 0.1) is 6.07 Å². The Kier molecular flexibility index (Phi) is 4.10. The van der Waals surface area contributed by atoms with Gasteiger partial charge in [-0.05, 0) is 18.1 Å². The van der Waals surface area contributed by atoms with E-state index >= 15 is 0 Å². The molecule has 0 saturated carbocycles. The van der Waals surface area contributed by atoms with Crippen LogP contribution in [0.1, 0.15) is 23.6 Å². The van der Waals surface area contributed by atoms with Crippen molar-refractivity contribution in [3.8, 4) is 11.8 Å². The predicted octanol–water partition coefficient (Wildman–Crippen LogP) is 0.807. The molecule has 0 aromatic heterocycles. The van der Waals surface area contributed by atoms with Crippen LogP contribution >= 0.6 is 0 Å². The van der Waals surface area contributed by atoms with Crippen molar-refractivity contribution in [2.24, 2.45) is 11.5 Å². The number of rotatable bonds is 4. The van der Waals surface area contributed by atoms with Crippen LogP contribution in [0.4, 0.5) is 0 Å². The first-order valence-corrected chi connectivity index (χ1v) is 4.83. The Balaban J connectivity index is 2.90. The average Bonchev–Trinajstić information content (AvgIpc) is 2.27. The molecule has 0 unspecified atom stereocenters. The number of nitrogens with zero attached hydrogens (tertiary/aromatic N) is 1. The summed E-state index contributed by atoms with van der Waals surface area (Å²) in [5, 5.41) is 18.0. The predicted molar refractivity (Wildman–Crippen MR) is 58.0 cm³/mol. The van der Waals surface area contributed by atoms with E-state index in [-0.39, 0.29) is 18.3 Å². The lowest BCUT2D eigenvalue weighted by Crippen LogP contribution is -2.20. The normalized spacial score (nSPS) is 12.1. The molecule has 0 aliphatic carbocycles. The molecule has 0 aliphatic heterocycles. The van der Waals surface area contributed by atoms with Gasteiger partial charge in [0, 0.05) is 24.6 Å². The second-order valence-corrected chi connectivity index (χ2v) is 3.39. The van der Waals surface area contributed by atoms with E-state index in [1.165, 1.54) is 0 Å². The maximum Gasteiger partial charge on any atom is 0.120 e. The van der Waals surface area contributed by atoms with Crippen molar-refractivity contribution >= 4 is 0 Å². The van der Waals surface area contributed by atoms with Crippen molar-refractivity contribution in [2.45, 2.75) is 18.9 Å². The third-order valence-electron chi connectivity index (χ3n) is 2.27. The summed E-state index contributed by atoms with van der Waals surface area (Å²) >= 11 is 0. The Morgan fingerprint density at radius 1 is 1.47 bits per heavy atom. The molecule has 5 N–H and O–H groups in total. The average molecular weight is 205 g/mol. The number of aromatic hydroxyl groups is 1. The number of phenols is 1. The summed E-state index contributed by atoms with van der Waals surface area (Å²) in [7, 11) is 0. The van der Waals surface area contributed by atoms with E-state index in [1.54, 1.807) is 12.1 Å². The summed E-state index contributed by atoms with van der Waals surface area (Å²) in [5.74, 6) is 0.161. The molecule has 80 valence electrons. The van der Waals surface area contributed by atoms with Gasteiger partial charge >= 0.3 is 0 Å². The molecule has 0 heterocycles. The smallest absolute Gasteiger partial charge is 0.120 e. The van der Waals surface area contributed by atoms with E-state index in [4.69, 9.17) is 16.7 Å². The molecule has 15 heavy (non-hydrogen) atoms. The van der Waals surface area contributed by atoms with Crippen molar-refractivity contribution in [2.75, 3.05) is 6.54 Å². The van der Waals surface area contributed by atoms with Gasteiger partial charge < -0.3 is 16.6 Å². The Morgan fingerprint density at radius 2 is 2.20 bits per heavy atom. The van der Waals surface area contributed by atoms with E-state index in [1.807, 2.05) is 6.07 Å². The van der Waals surface area contributed by atoms with E-state index < -0.39 is 0 Å². The van der Waals surface area contributed by atoms with E-state index in [0.717, 1.165) is 5.56 Å². The van der Waals surface area contributed by atoms with Gasteiger partial charge in [-0.25, -0.2) is 0 Å². The lowest BCUT2D eigenvalue weighted by atomic mass is 10.0. The molecule has 1 aromatic rings. The minimum absolute atomic E-state index is 0.161. The van der Waals surface area contributed by atoms with Gasteiger partial charge in [0.1, 0.15) is 5.75 Å². The molecule has 1 rings (SSSR count). The van der Waals surface area contributed by atoms with Crippen molar-refractivity contribution in [3.05, 3.63) is 29.3 Å². The van der Waals surface area contributed by atoms with Crippen molar-refractivity contribution in [3.63, 3.8) is 0 Å². The second kappa shape index (κ2) is 5.35. The van der Waals surface area contributed by atoms with Crippen LogP contribution in [-0.2, 0) is 6.42 Å². The zero-order valence-electron chi connectivity index (χ0n) is 8.48. The van der Waals surface area contributed by atoms with Gasteiger partial charge in [0.2, 0.25) is 0 Å². The van der Waals surface area contributed by atoms with Gasteiger partial charge in [0.25, 0.3) is 0 Å². The Bertz CT molecular complexity index is 371. The van der Waals surface area contributed by atoms with Crippen LogP contribution < -0.4 is 11.5 Å². The van der Waals surface area contributed by atoms with Crippen molar-refractivity contribution < 1.29 is 5.11 Å². The molecule has 0 fully saturated rings. The number of nitriles is 1. The number of phenolic OH excluding ortho intramolecular Hbond substituents is 1. The SMILES string of the molecule is N#CCCc1ccc(O)c([C@H](N)CN)c1. The maximum atomic E-state index is 9.56. The summed E-state index contributed by atoms with van der Waals surface area (Å²) in [6.45, 7) is 0.287. The molecule has 4 nitrogen and oxygen atoms in total. The molecule has 0 bridgehead atoms. The highest BCUT2D eigenvalue weighted by molar-refractivity contribution is 5.38. The first-order chi connectivity index (χ1) is 7.19. The molecule has 0 radical (unpaired) electrons. The van der Waals surface area contributed by atoms with Gasteiger partial charge in [-0.2, -0.15) is 5.26 Å². The van der Waals surface area contributed by atoms with E-state index in [0.29, 0.717) is 18.4 Å². The molecule has 0 saturated heterocycles. The minimum atomic E-state index is -0.355. The number of aryl methyl sites for hydroxylation is 1. The Hall–Kier alpha value is -1.57. The van der Waals surface area contributed by atoms with Crippen LogP contribution in [0.2, 0.25) is 0 Å². The number of hydrogen-bond acceptors (Lipinski definition) is 4. The van der Waals surface area contributed by atoms with Crippen LogP contribution in [0, 0.1) is 11.3 Å². The zero-order chi connectivity index (χ0) is 11.3. The van der Waals surface area contributed by atoms with Gasteiger partial charge in [0.15, 0.2) is 0 Å². The Morgan fingerprint density at radius 3 is 2.80 bits per heavy atom. The standard InChI is InChI=1S/C11H15N3O/c12-5-1-2-8-3-4-11(15)9(6-8)10(14)7-13/h3-4,6,10,15H,1-2,7,13-14H2/t10-/m1/s1. The first-order valence-electron chi connectivity index (χ1n) is 4.83. The fourth-order valence-corrected chi connectivity index (χ4v) is 1.38. The summed E-state index contributed by atoms with van der Waals surface area (Å²) in [4.78, 5) is 0. The number of hydrogen-bond donors (Lipinski definition) is 3. The molecule has 1 atom stereocenters. The molecule has 4 heteroatoms. The lowest BCUT2D eigenvalue weighted by molar-refractivity contribution is 0.461. The molecule has 0 amide bonds. The van der Waals surface area contributed by atoms with E-state index in [2.05, 4.69) is 6.07 Å². The second-order valence-electron chi connectivity index (χ2n) is 3.39. The third-order valence-corrected chi connectivity index (χ3v) is 2.27. The van der Waals surface area contributed by atoms with Crippen LogP contribution in [0.3, 0.4) is 0 Å². The summed E-state index contributed by atoms with van der Waals surface area (Å²) in [6.07, 6.45) is 1.13.